The maximum atomic E-state index is 13.7. The fraction of sp³-hybridized carbons (Fsp3) is 0. The molecule has 0 spiro atoms. The summed E-state index contributed by atoms with van der Waals surface area (Å²) >= 11 is 0. The van der Waals surface area contributed by atoms with Gasteiger partial charge >= 0.3 is 5.97 Å². The predicted octanol–water partition coefficient (Wildman–Crippen LogP) is 2.95. The van der Waals surface area contributed by atoms with Gasteiger partial charge in [-0.15, -0.1) is 0 Å². The first-order chi connectivity index (χ1) is 10.6. The van der Waals surface area contributed by atoms with Gasteiger partial charge < -0.3 is 14.7 Å². The quantitative estimate of drug-likeness (QED) is 0.772. The highest BCUT2D eigenvalue weighted by atomic mass is 19.1. The molecule has 6 nitrogen and oxygen atoms in total. The molecule has 0 unspecified atom stereocenters. The number of benzene rings is 2. The molecule has 0 bridgehead atoms. The number of nitrogens with zero attached hydrogens (tertiary/aromatic N) is 2. The average Bonchev–Trinajstić information content (AvgIpc) is 2.97. The second kappa shape index (κ2) is 5.28. The minimum atomic E-state index is -1.28. The molecule has 2 N–H and O–H groups in total. The smallest absolute Gasteiger partial charge is 0.339 e. The van der Waals surface area contributed by atoms with Crippen molar-refractivity contribution in [3.63, 3.8) is 0 Å². The third-order valence-corrected chi connectivity index (χ3v) is 3.02. The molecule has 3 aromatic rings. The van der Waals surface area contributed by atoms with Crippen molar-refractivity contribution in [3.8, 4) is 28.6 Å². The first-order valence-corrected chi connectivity index (χ1v) is 6.21. The summed E-state index contributed by atoms with van der Waals surface area (Å²) in [4.78, 5) is 15.1. The molecule has 1 aromatic heterocycles. The molecular formula is C15H9FN2O4. The number of hydrogen-bond donors (Lipinski definition) is 2. The van der Waals surface area contributed by atoms with Crippen LogP contribution in [0.2, 0.25) is 0 Å². The van der Waals surface area contributed by atoms with E-state index in [2.05, 4.69) is 10.1 Å². The summed E-state index contributed by atoms with van der Waals surface area (Å²) in [5, 5.41) is 22.2. The standard InChI is InChI=1S/C15H9FN2O4/c16-11-4-2-1-3-9(11)14-17-13(18-22-14)8-5-6-12(19)10(7-8)15(20)21/h1-7,19H,(H,20,21). The summed E-state index contributed by atoms with van der Waals surface area (Å²) in [7, 11) is 0. The number of hydrogen-bond acceptors (Lipinski definition) is 5. The fourth-order valence-electron chi connectivity index (χ4n) is 1.93. The molecule has 0 saturated heterocycles. The van der Waals surface area contributed by atoms with Crippen LogP contribution < -0.4 is 0 Å². The molecule has 0 aliphatic heterocycles. The Morgan fingerprint density at radius 1 is 1.18 bits per heavy atom. The predicted molar refractivity (Wildman–Crippen MR) is 73.8 cm³/mol. The number of carboxylic acid groups (broad SMARTS) is 1. The summed E-state index contributed by atoms with van der Waals surface area (Å²) in [6, 6.07) is 9.80. The summed E-state index contributed by atoms with van der Waals surface area (Å²) in [5.74, 6) is -2.07. The van der Waals surface area contributed by atoms with E-state index in [1.54, 1.807) is 6.07 Å². The van der Waals surface area contributed by atoms with E-state index in [1.165, 1.54) is 36.4 Å². The van der Waals surface area contributed by atoms with Gasteiger partial charge in [0.1, 0.15) is 17.1 Å². The SMILES string of the molecule is O=C(O)c1cc(-c2noc(-c3ccccc3F)n2)ccc1O. The van der Waals surface area contributed by atoms with Crippen LogP contribution in [0.5, 0.6) is 5.75 Å². The maximum Gasteiger partial charge on any atom is 0.339 e. The average molecular weight is 300 g/mol. The third-order valence-electron chi connectivity index (χ3n) is 3.02. The van der Waals surface area contributed by atoms with Crippen LogP contribution in [-0.2, 0) is 0 Å². The van der Waals surface area contributed by atoms with Gasteiger partial charge in [-0.1, -0.05) is 17.3 Å². The highest BCUT2D eigenvalue weighted by molar-refractivity contribution is 5.92. The second-order valence-corrected chi connectivity index (χ2v) is 4.44. The van der Waals surface area contributed by atoms with E-state index in [0.29, 0.717) is 5.56 Å². The van der Waals surface area contributed by atoms with E-state index in [4.69, 9.17) is 9.63 Å². The number of carboxylic acids is 1. The van der Waals surface area contributed by atoms with Crippen LogP contribution in [-0.4, -0.2) is 26.3 Å². The van der Waals surface area contributed by atoms with Crippen LogP contribution in [0.15, 0.2) is 47.0 Å². The van der Waals surface area contributed by atoms with Crippen LogP contribution in [0.4, 0.5) is 4.39 Å². The Morgan fingerprint density at radius 3 is 2.68 bits per heavy atom. The lowest BCUT2D eigenvalue weighted by molar-refractivity contribution is 0.0694. The maximum absolute atomic E-state index is 13.7. The van der Waals surface area contributed by atoms with Gasteiger partial charge in [0.2, 0.25) is 5.82 Å². The normalized spacial score (nSPS) is 10.6. The third kappa shape index (κ3) is 2.39. The van der Waals surface area contributed by atoms with E-state index in [9.17, 15) is 14.3 Å². The van der Waals surface area contributed by atoms with Gasteiger partial charge in [-0.05, 0) is 30.3 Å². The number of aromatic hydroxyl groups is 1. The van der Waals surface area contributed by atoms with E-state index in [0.717, 1.165) is 0 Å². The Balaban J connectivity index is 2.03. The number of halogens is 1. The zero-order valence-corrected chi connectivity index (χ0v) is 11.0. The lowest BCUT2D eigenvalue weighted by atomic mass is 10.1. The minimum absolute atomic E-state index is 0.0157. The molecule has 22 heavy (non-hydrogen) atoms. The van der Waals surface area contributed by atoms with Crippen LogP contribution in [0.1, 0.15) is 10.4 Å². The molecule has 1 heterocycles. The molecule has 0 saturated carbocycles. The summed E-state index contributed by atoms with van der Waals surface area (Å²) in [5.41, 5.74) is 0.203. The largest absolute Gasteiger partial charge is 0.507 e. The Bertz CT molecular complexity index is 860. The van der Waals surface area contributed by atoms with Crippen molar-refractivity contribution < 1.29 is 23.9 Å². The Labute approximate surface area is 123 Å². The molecule has 0 aliphatic rings. The molecule has 3 rings (SSSR count). The van der Waals surface area contributed by atoms with Crippen LogP contribution in [0.3, 0.4) is 0 Å². The van der Waals surface area contributed by atoms with Gasteiger partial charge in [0, 0.05) is 5.56 Å². The zero-order chi connectivity index (χ0) is 15.7. The first kappa shape index (κ1) is 13.7. The number of carbonyl (C=O) groups is 1. The molecule has 2 aromatic carbocycles. The van der Waals surface area contributed by atoms with E-state index in [1.807, 2.05) is 0 Å². The molecule has 0 atom stereocenters. The van der Waals surface area contributed by atoms with Gasteiger partial charge in [-0.2, -0.15) is 4.98 Å². The van der Waals surface area contributed by atoms with Crippen molar-refractivity contribution in [1.82, 2.24) is 10.1 Å². The van der Waals surface area contributed by atoms with Crippen molar-refractivity contribution in [1.29, 1.82) is 0 Å². The molecule has 110 valence electrons. The van der Waals surface area contributed by atoms with Gasteiger partial charge in [0.05, 0.1) is 5.56 Å². The van der Waals surface area contributed by atoms with E-state index in [-0.39, 0.29) is 28.6 Å². The van der Waals surface area contributed by atoms with Crippen molar-refractivity contribution in [2.75, 3.05) is 0 Å². The van der Waals surface area contributed by atoms with Crippen LogP contribution in [0, 0.1) is 5.82 Å². The van der Waals surface area contributed by atoms with Gasteiger partial charge in [0.15, 0.2) is 0 Å². The van der Waals surface area contributed by atoms with Crippen molar-refractivity contribution >= 4 is 5.97 Å². The van der Waals surface area contributed by atoms with Gasteiger partial charge in [-0.25, -0.2) is 9.18 Å². The number of phenols is 1. The fourth-order valence-corrected chi connectivity index (χ4v) is 1.93. The number of aromatic nitrogens is 2. The van der Waals surface area contributed by atoms with Crippen molar-refractivity contribution in [2.24, 2.45) is 0 Å². The molecule has 0 amide bonds. The topological polar surface area (TPSA) is 96.5 Å². The summed E-state index contributed by atoms with van der Waals surface area (Å²) in [6.07, 6.45) is 0. The molecular weight excluding hydrogens is 291 g/mol. The minimum Gasteiger partial charge on any atom is -0.507 e. The van der Waals surface area contributed by atoms with Crippen molar-refractivity contribution in [2.45, 2.75) is 0 Å². The second-order valence-electron chi connectivity index (χ2n) is 4.44. The number of rotatable bonds is 3. The highest BCUT2D eigenvalue weighted by Gasteiger charge is 2.16. The Morgan fingerprint density at radius 2 is 1.95 bits per heavy atom. The van der Waals surface area contributed by atoms with Crippen LogP contribution >= 0.6 is 0 Å². The van der Waals surface area contributed by atoms with E-state index >= 15 is 0 Å². The highest BCUT2D eigenvalue weighted by Crippen LogP contribution is 2.27. The Kier molecular flexibility index (Phi) is 3.30. The summed E-state index contributed by atoms with van der Waals surface area (Å²) < 4.78 is 18.7. The molecule has 0 aliphatic carbocycles. The van der Waals surface area contributed by atoms with Gasteiger partial charge in [-0.3, -0.25) is 0 Å². The molecule has 7 heteroatoms. The Hall–Kier alpha value is -3.22. The monoisotopic (exact) mass is 300 g/mol. The lowest BCUT2D eigenvalue weighted by Crippen LogP contribution is -1.97. The molecule has 0 fully saturated rings. The van der Waals surface area contributed by atoms with Gasteiger partial charge in [0.25, 0.3) is 5.89 Å². The first-order valence-electron chi connectivity index (χ1n) is 6.21. The summed E-state index contributed by atoms with van der Waals surface area (Å²) in [6.45, 7) is 0. The van der Waals surface area contributed by atoms with Crippen molar-refractivity contribution in [3.05, 3.63) is 53.8 Å². The van der Waals surface area contributed by atoms with Crippen LogP contribution in [0.25, 0.3) is 22.8 Å². The van der Waals surface area contributed by atoms with E-state index < -0.39 is 11.8 Å². The lowest BCUT2D eigenvalue weighted by Gasteiger charge is -2.00. The molecule has 0 radical (unpaired) electrons. The zero-order valence-electron chi connectivity index (χ0n) is 11.0. The number of aromatic carboxylic acids is 1.